The van der Waals surface area contributed by atoms with Gasteiger partial charge in [0.25, 0.3) is 5.91 Å². The summed E-state index contributed by atoms with van der Waals surface area (Å²) in [7, 11) is 2.03. The van der Waals surface area contributed by atoms with Crippen LogP contribution in [0.4, 0.5) is 5.82 Å². The highest BCUT2D eigenvalue weighted by Gasteiger charge is 2.16. The zero-order valence-corrected chi connectivity index (χ0v) is 21.6. The Bertz CT molecular complexity index is 1380. The fraction of sp³-hybridized carbons (Fsp3) is 0.250. The first kappa shape index (κ1) is 24.7. The Balaban J connectivity index is 1.18. The van der Waals surface area contributed by atoms with Gasteiger partial charge in [-0.05, 0) is 41.8 Å². The number of thioether (sulfide) groups is 1. The van der Waals surface area contributed by atoms with Crippen LogP contribution < -0.4 is 19.7 Å². The van der Waals surface area contributed by atoms with Crippen LogP contribution in [0.3, 0.4) is 0 Å². The van der Waals surface area contributed by atoms with Gasteiger partial charge in [0.1, 0.15) is 11.6 Å². The van der Waals surface area contributed by atoms with E-state index >= 15 is 0 Å². The van der Waals surface area contributed by atoms with Crippen molar-refractivity contribution in [2.45, 2.75) is 37.3 Å². The van der Waals surface area contributed by atoms with E-state index in [2.05, 4.69) is 34.3 Å². The molecule has 1 N–H and O–H groups in total. The van der Waals surface area contributed by atoms with E-state index in [9.17, 15) is 4.79 Å². The molecule has 1 aliphatic rings. The fourth-order valence-corrected chi connectivity index (χ4v) is 4.64. The third-order valence-corrected chi connectivity index (χ3v) is 6.75. The Labute approximate surface area is 220 Å². The van der Waals surface area contributed by atoms with Crippen LogP contribution in [0, 0.1) is 0 Å². The summed E-state index contributed by atoms with van der Waals surface area (Å²) in [5, 5.41) is 3.56. The molecule has 3 heterocycles. The second-order valence-electron chi connectivity index (χ2n) is 8.62. The molecular weight excluding hydrogens is 488 g/mol. The number of ether oxygens (including phenoxy) is 2. The Kier molecular flexibility index (Phi) is 7.60. The van der Waals surface area contributed by atoms with Gasteiger partial charge in [0.05, 0.1) is 5.75 Å². The van der Waals surface area contributed by atoms with Crippen molar-refractivity contribution in [2.24, 2.45) is 0 Å². The molecule has 0 fully saturated rings. The topological polar surface area (TPSA) is 89.7 Å². The Hall–Kier alpha value is -3.98. The van der Waals surface area contributed by atoms with E-state index in [-0.39, 0.29) is 18.5 Å². The number of fused-ring (bicyclic) bond motifs is 1. The average Bonchev–Trinajstić information content (AvgIpc) is 3.60. The molecule has 8 nitrogen and oxygen atoms in total. The third kappa shape index (κ3) is 6.24. The molecule has 0 saturated carbocycles. The molecule has 0 atom stereocenters. The largest absolute Gasteiger partial charge is 0.455 e. The molecule has 2 aromatic carbocycles. The summed E-state index contributed by atoms with van der Waals surface area (Å²) in [5.74, 6) is 3.47. The van der Waals surface area contributed by atoms with Gasteiger partial charge in [0.15, 0.2) is 22.4 Å². The summed E-state index contributed by atoms with van der Waals surface area (Å²) < 4.78 is 16.5. The first-order chi connectivity index (χ1) is 18.1. The van der Waals surface area contributed by atoms with E-state index in [4.69, 9.17) is 18.9 Å². The maximum absolute atomic E-state index is 12.6. The van der Waals surface area contributed by atoms with E-state index in [0.717, 1.165) is 30.0 Å². The lowest BCUT2D eigenvalue weighted by Crippen LogP contribution is -2.22. The number of benzene rings is 2. The van der Waals surface area contributed by atoms with Gasteiger partial charge in [-0.25, -0.2) is 9.97 Å². The van der Waals surface area contributed by atoms with Crippen molar-refractivity contribution in [1.82, 2.24) is 15.3 Å². The van der Waals surface area contributed by atoms with Crippen molar-refractivity contribution in [2.75, 3.05) is 18.7 Å². The number of aromatic nitrogens is 2. The number of amides is 1. The number of anilines is 1. The highest BCUT2D eigenvalue weighted by molar-refractivity contribution is 7.98. The molecule has 0 radical (unpaired) electrons. The fourth-order valence-electron chi connectivity index (χ4n) is 3.87. The molecule has 5 rings (SSSR count). The van der Waals surface area contributed by atoms with E-state index in [0.29, 0.717) is 34.7 Å². The number of hydrogen-bond donors (Lipinski definition) is 1. The van der Waals surface area contributed by atoms with Crippen LogP contribution in [-0.2, 0) is 25.3 Å². The lowest BCUT2D eigenvalue weighted by atomic mass is 10.2. The number of nitrogens with zero attached hydrogens (tertiary/aromatic N) is 3. The lowest BCUT2D eigenvalue weighted by Gasteiger charge is -2.19. The Morgan fingerprint density at radius 2 is 1.84 bits per heavy atom. The Morgan fingerprint density at radius 1 is 1.00 bits per heavy atom. The van der Waals surface area contributed by atoms with E-state index in [1.165, 1.54) is 17.3 Å². The summed E-state index contributed by atoms with van der Waals surface area (Å²) in [6.07, 6.45) is 0.816. The summed E-state index contributed by atoms with van der Waals surface area (Å²) >= 11 is 1.49. The highest BCUT2D eigenvalue weighted by Crippen LogP contribution is 2.32. The smallest absolute Gasteiger partial charge is 0.287 e. The zero-order chi connectivity index (χ0) is 25.6. The van der Waals surface area contributed by atoms with Crippen molar-refractivity contribution in [1.29, 1.82) is 0 Å². The molecule has 0 saturated heterocycles. The minimum atomic E-state index is -0.275. The summed E-state index contributed by atoms with van der Waals surface area (Å²) in [6, 6.07) is 21.4. The van der Waals surface area contributed by atoms with Crippen LogP contribution in [0.25, 0.3) is 0 Å². The van der Waals surface area contributed by atoms with Crippen molar-refractivity contribution < 1.29 is 18.7 Å². The zero-order valence-electron chi connectivity index (χ0n) is 20.8. The predicted molar refractivity (Wildman–Crippen MR) is 142 cm³/mol. The summed E-state index contributed by atoms with van der Waals surface area (Å²) in [6.45, 7) is 3.42. The normalized spacial score (nSPS) is 11.9. The van der Waals surface area contributed by atoms with E-state index in [1.54, 1.807) is 6.07 Å². The van der Waals surface area contributed by atoms with Crippen LogP contribution in [-0.4, -0.2) is 29.7 Å². The van der Waals surface area contributed by atoms with Gasteiger partial charge in [-0.1, -0.05) is 55.1 Å². The van der Waals surface area contributed by atoms with E-state index in [1.807, 2.05) is 55.6 Å². The number of carbonyl (C=O) groups excluding carboxylic acids is 1. The molecule has 0 aliphatic carbocycles. The van der Waals surface area contributed by atoms with Gasteiger partial charge in [0, 0.05) is 31.9 Å². The number of carbonyl (C=O) groups is 1. The number of aryl methyl sites for hydroxylation is 1. The standard InChI is InChI=1S/C28H28N4O4S/c1-3-21-14-26(32(2)16-19-7-5-4-6-8-19)31-28(30-21)37-17-22-10-12-24(36-22)27(33)29-15-20-9-11-23-25(13-20)35-18-34-23/h4-14H,3,15-18H2,1-2H3,(H,29,33). The van der Waals surface area contributed by atoms with Crippen molar-refractivity contribution >= 4 is 23.5 Å². The maximum Gasteiger partial charge on any atom is 0.287 e. The molecule has 37 heavy (non-hydrogen) atoms. The van der Waals surface area contributed by atoms with Crippen LogP contribution in [0.5, 0.6) is 11.5 Å². The minimum Gasteiger partial charge on any atom is -0.455 e. The second kappa shape index (κ2) is 11.4. The van der Waals surface area contributed by atoms with Crippen molar-refractivity contribution in [3.8, 4) is 11.5 Å². The first-order valence-electron chi connectivity index (χ1n) is 12.1. The number of rotatable bonds is 10. The number of nitrogens with one attached hydrogen (secondary N) is 1. The molecule has 190 valence electrons. The van der Waals surface area contributed by atoms with E-state index < -0.39 is 0 Å². The van der Waals surface area contributed by atoms with Crippen molar-refractivity contribution in [3.05, 3.63) is 95.1 Å². The molecule has 9 heteroatoms. The van der Waals surface area contributed by atoms with Gasteiger partial charge in [0.2, 0.25) is 6.79 Å². The number of furan rings is 1. The minimum absolute atomic E-state index is 0.220. The van der Waals surface area contributed by atoms with Crippen LogP contribution in [0.15, 0.2) is 76.3 Å². The van der Waals surface area contributed by atoms with Gasteiger partial charge >= 0.3 is 0 Å². The lowest BCUT2D eigenvalue weighted by molar-refractivity contribution is 0.0921. The molecule has 4 aromatic rings. The quantitative estimate of drug-likeness (QED) is 0.227. The first-order valence-corrected chi connectivity index (χ1v) is 13.1. The third-order valence-electron chi connectivity index (χ3n) is 5.88. The molecule has 0 bridgehead atoms. The summed E-state index contributed by atoms with van der Waals surface area (Å²) in [5.41, 5.74) is 3.12. The molecule has 2 aromatic heterocycles. The van der Waals surface area contributed by atoms with Crippen LogP contribution in [0.1, 0.15) is 40.1 Å². The SMILES string of the molecule is CCc1cc(N(C)Cc2ccccc2)nc(SCc2ccc(C(=O)NCc3ccc4c(c3)OCO4)o2)n1. The summed E-state index contributed by atoms with van der Waals surface area (Å²) in [4.78, 5) is 24.1. The molecule has 0 spiro atoms. The molecular formula is C28H28N4O4S. The van der Waals surface area contributed by atoms with Gasteiger partial charge in [-0.15, -0.1) is 0 Å². The predicted octanol–water partition coefficient (Wildman–Crippen LogP) is 5.22. The van der Waals surface area contributed by atoms with Crippen LogP contribution >= 0.6 is 11.8 Å². The van der Waals surface area contributed by atoms with Gasteiger partial charge < -0.3 is 24.1 Å². The van der Waals surface area contributed by atoms with Crippen LogP contribution in [0.2, 0.25) is 0 Å². The van der Waals surface area contributed by atoms with Gasteiger partial charge in [-0.2, -0.15) is 0 Å². The monoisotopic (exact) mass is 516 g/mol. The molecule has 1 amide bonds. The highest BCUT2D eigenvalue weighted by atomic mass is 32.2. The van der Waals surface area contributed by atoms with Crippen molar-refractivity contribution in [3.63, 3.8) is 0 Å². The second-order valence-corrected chi connectivity index (χ2v) is 9.56. The maximum atomic E-state index is 12.6. The Morgan fingerprint density at radius 3 is 2.68 bits per heavy atom. The van der Waals surface area contributed by atoms with Gasteiger partial charge in [-0.3, -0.25) is 4.79 Å². The molecule has 1 aliphatic heterocycles. The average molecular weight is 517 g/mol. The molecule has 0 unspecified atom stereocenters. The number of hydrogen-bond acceptors (Lipinski definition) is 8.